The van der Waals surface area contributed by atoms with Gasteiger partial charge in [0, 0.05) is 6.20 Å². The molecule has 3 aromatic rings. The Labute approximate surface area is 142 Å². The highest BCUT2D eigenvalue weighted by atomic mass is 16.1. The summed E-state index contributed by atoms with van der Waals surface area (Å²) in [6.45, 7) is 6.63. The predicted octanol–water partition coefficient (Wildman–Crippen LogP) is 3.70. The molecule has 0 fully saturated rings. The van der Waals surface area contributed by atoms with Gasteiger partial charge in [-0.3, -0.25) is 4.79 Å². The molecular formula is C20H23N3O. The number of hydrogen-bond acceptors (Lipinski definition) is 2. The maximum absolute atomic E-state index is 12.8. The van der Waals surface area contributed by atoms with E-state index in [-0.39, 0.29) is 17.7 Å². The van der Waals surface area contributed by atoms with Crippen LogP contribution in [-0.2, 0) is 11.3 Å². The molecule has 2 heterocycles. The van der Waals surface area contributed by atoms with E-state index in [1.807, 2.05) is 47.1 Å². The Morgan fingerprint density at radius 2 is 1.92 bits per heavy atom. The van der Waals surface area contributed by atoms with Gasteiger partial charge in [-0.15, -0.1) is 0 Å². The van der Waals surface area contributed by atoms with E-state index in [4.69, 9.17) is 0 Å². The zero-order valence-corrected chi connectivity index (χ0v) is 14.4. The number of fused-ring (bicyclic) bond motifs is 1. The van der Waals surface area contributed by atoms with Gasteiger partial charge in [0.05, 0.1) is 24.2 Å². The fourth-order valence-corrected chi connectivity index (χ4v) is 3.02. The second-order valence-corrected chi connectivity index (χ2v) is 6.52. The Kier molecular flexibility index (Phi) is 4.65. The van der Waals surface area contributed by atoms with Gasteiger partial charge in [0.25, 0.3) is 0 Å². The maximum atomic E-state index is 12.8. The van der Waals surface area contributed by atoms with Crippen molar-refractivity contribution < 1.29 is 4.79 Å². The van der Waals surface area contributed by atoms with Gasteiger partial charge in [0.1, 0.15) is 5.82 Å². The molecule has 1 atom stereocenters. The number of aromatic nitrogens is 2. The Balaban J connectivity index is 1.75. The van der Waals surface area contributed by atoms with Crippen LogP contribution in [0, 0.1) is 12.8 Å². The molecule has 124 valence electrons. The molecule has 1 amide bonds. The average Bonchev–Trinajstić information content (AvgIpc) is 2.98. The van der Waals surface area contributed by atoms with Crippen molar-refractivity contribution in [2.24, 2.45) is 5.92 Å². The van der Waals surface area contributed by atoms with Gasteiger partial charge in [-0.2, -0.15) is 0 Å². The molecule has 0 aliphatic carbocycles. The number of carbonyl (C=O) groups is 1. The molecular weight excluding hydrogens is 298 g/mol. The number of aryl methyl sites for hydroxylation is 1. The van der Waals surface area contributed by atoms with Crippen LogP contribution in [0.2, 0.25) is 0 Å². The number of imidazole rings is 1. The monoisotopic (exact) mass is 321 g/mol. The molecule has 3 rings (SSSR count). The minimum Gasteiger partial charge on any atom is -0.348 e. The molecule has 1 aromatic carbocycles. The van der Waals surface area contributed by atoms with Crippen molar-refractivity contribution in [3.05, 3.63) is 71.8 Å². The van der Waals surface area contributed by atoms with E-state index in [1.165, 1.54) is 5.56 Å². The summed E-state index contributed by atoms with van der Waals surface area (Å²) in [5.41, 5.74) is 3.28. The summed E-state index contributed by atoms with van der Waals surface area (Å²) in [5, 5.41) is 3.05. The number of nitrogens with zero attached hydrogens (tertiary/aromatic N) is 2. The number of pyridine rings is 1. The fourth-order valence-electron chi connectivity index (χ4n) is 3.02. The minimum absolute atomic E-state index is 0.0431. The van der Waals surface area contributed by atoms with Crippen LogP contribution in [0.25, 0.3) is 5.52 Å². The van der Waals surface area contributed by atoms with E-state index in [9.17, 15) is 4.79 Å². The number of carbonyl (C=O) groups excluding carboxylic acids is 1. The molecule has 1 N–H and O–H groups in total. The maximum Gasteiger partial charge on any atom is 0.228 e. The van der Waals surface area contributed by atoms with Crippen molar-refractivity contribution >= 4 is 11.4 Å². The number of benzene rings is 1. The van der Waals surface area contributed by atoms with Gasteiger partial charge in [0.15, 0.2) is 0 Å². The first-order chi connectivity index (χ1) is 11.6. The van der Waals surface area contributed by atoms with Crippen LogP contribution in [0.15, 0.2) is 54.9 Å². The minimum atomic E-state index is -0.156. The number of nitrogens with one attached hydrogen (secondary N) is 1. The van der Waals surface area contributed by atoms with Gasteiger partial charge in [0.2, 0.25) is 5.91 Å². The Hall–Kier alpha value is -2.62. The van der Waals surface area contributed by atoms with Crippen LogP contribution < -0.4 is 5.32 Å². The number of rotatable bonds is 5. The molecule has 4 nitrogen and oxygen atoms in total. The van der Waals surface area contributed by atoms with Crippen LogP contribution in [0.1, 0.15) is 36.7 Å². The van der Waals surface area contributed by atoms with E-state index in [0.29, 0.717) is 6.54 Å². The molecule has 1 unspecified atom stereocenters. The van der Waals surface area contributed by atoms with Gasteiger partial charge < -0.3 is 9.72 Å². The third kappa shape index (κ3) is 3.32. The molecule has 0 aliphatic heterocycles. The largest absolute Gasteiger partial charge is 0.348 e. The zero-order chi connectivity index (χ0) is 17.1. The van der Waals surface area contributed by atoms with Crippen molar-refractivity contribution in [2.75, 3.05) is 0 Å². The lowest BCUT2D eigenvalue weighted by molar-refractivity contribution is -0.123. The van der Waals surface area contributed by atoms with E-state index >= 15 is 0 Å². The van der Waals surface area contributed by atoms with Crippen molar-refractivity contribution in [1.82, 2.24) is 14.7 Å². The quantitative estimate of drug-likeness (QED) is 0.779. The van der Waals surface area contributed by atoms with Gasteiger partial charge >= 0.3 is 0 Å². The topological polar surface area (TPSA) is 46.4 Å². The summed E-state index contributed by atoms with van der Waals surface area (Å²) in [4.78, 5) is 17.2. The summed E-state index contributed by atoms with van der Waals surface area (Å²) in [7, 11) is 0. The van der Waals surface area contributed by atoms with Crippen LogP contribution in [-0.4, -0.2) is 15.3 Å². The van der Waals surface area contributed by atoms with Crippen molar-refractivity contribution in [1.29, 1.82) is 0 Å². The highest BCUT2D eigenvalue weighted by Crippen LogP contribution is 2.25. The first kappa shape index (κ1) is 16.2. The number of hydrogen-bond donors (Lipinski definition) is 1. The molecule has 0 saturated carbocycles. The Morgan fingerprint density at radius 3 is 2.62 bits per heavy atom. The SMILES string of the molecule is Cc1ccc(C(C(=O)NCc2ncc3ccccn23)C(C)C)cc1. The van der Waals surface area contributed by atoms with Crippen LogP contribution >= 0.6 is 0 Å². The third-order valence-corrected chi connectivity index (χ3v) is 4.32. The second kappa shape index (κ2) is 6.87. The van der Waals surface area contributed by atoms with Crippen molar-refractivity contribution in [2.45, 2.75) is 33.2 Å². The Morgan fingerprint density at radius 1 is 1.17 bits per heavy atom. The first-order valence-electron chi connectivity index (χ1n) is 8.31. The lowest BCUT2D eigenvalue weighted by Gasteiger charge is -2.21. The summed E-state index contributed by atoms with van der Waals surface area (Å²) < 4.78 is 2.00. The average molecular weight is 321 g/mol. The second-order valence-electron chi connectivity index (χ2n) is 6.52. The third-order valence-electron chi connectivity index (χ3n) is 4.32. The molecule has 0 spiro atoms. The molecule has 0 bridgehead atoms. The summed E-state index contributed by atoms with van der Waals surface area (Å²) in [6, 6.07) is 14.1. The standard InChI is InChI=1S/C20H23N3O/c1-14(2)19(16-9-7-15(3)8-10-16)20(24)22-13-18-21-12-17-6-4-5-11-23(17)18/h4-12,14,19H,13H2,1-3H3,(H,22,24). The molecule has 2 aromatic heterocycles. The zero-order valence-electron chi connectivity index (χ0n) is 14.4. The van der Waals surface area contributed by atoms with E-state index in [2.05, 4.69) is 43.2 Å². The molecule has 0 radical (unpaired) electrons. The van der Waals surface area contributed by atoms with Crippen LogP contribution in [0.4, 0.5) is 0 Å². The van der Waals surface area contributed by atoms with Gasteiger partial charge in [-0.25, -0.2) is 4.98 Å². The lowest BCUT2D eigenvalue weighted by atomic mass is 9.87. The van der Waals surface area contributed by atoms with Gasteiger partial charge in [-0.05, 0) is 30.5 Å². The first-order valence-corrected chi connectivity index (χ1v) is 8.31. The molecule has 4 heteroatoms. The molecule has 24 heavy (non-hydrogen) atoms. The van der Waals surface area contributed by atoms with Crippen LogP contribution in [0.5, 0.6) is 0 Å². The fraction of sp³-hybridized carbons (Fsp3) is 0.300. The van der Waals surface area contributed by atoms with Gasteiger partial charge in [-0.1, -0.05) is 49.7 Å². The summed E-state index contributed by atoms with van der Waals surface area (Å²) in [6.07, 6.45) is 3.78. The van der Waals surface area contributed by atoms with Crippen molar-refractivity contribution in [3.8, 4) is 0 Å². The molecule has 0 saturated heterocycles. The van der Waals surface area contributed by atoms with E-state index in [1.54, 1.807) is 0 Å². The smallest absolute Gasteiger partial charge is 0.228 e. The number of amides is 1. The van der Waals surface area contributed by atoms with Crippen molar-refractivity contribution in [3.63, 3.8) is 0 Å². The van der Waals surface area contributed by atoms with E-state index in [0.717, 1.165) is 16.9 Å². The summed E-state index contributed by atoms with van der Waals surface area (Å²) in [5.74, 6) is 0.952. The lowest BCUT2D eigenvalue weighted by Crippen LogP contribution is -2.32. The summed E-state index contributed by atoms with van der Waals surface area (Å²) >= 11 is 0. The normalized spacial score (nSPS) is 12.5. The Bertz CT molecular complexity index is 833. The highest BCUT2D eigenvalue weighted by Gasteiger charge is 2.24. The highest BCUT2D eigenvalue weighted by molar-refractivity contribution is 5.83. The predicted molar refractivity (Wildman–Crippen MR) is 95.8 cm³/mol. The van der Waals surface area contributed by atoms with Crippen LogP contribution in [0.3, 0.4) is 0 Å². The molecule has 0 aliphatic rings. The van der Waals surface area contributed by atoms with E-state index < -0.39 is 0 Å².